The van der Waals surface area contributed by atoms with Crippen molar-refractivity contribution < 1.29 is 14.3 Å². The molecule has 1 saturated heterocycles. The van der Waals surface area contributed by atoms with Gasteiger partial charge in [-0.3, -0.25) is 4.79 Å². The standard InChI is InChI=1S/C9H14O3/c10-7-5-11-8-3-1-2-4-9(8)12-6-7/h8-9H,1-6H2/t8-,9-/m1/s1. The summed E-state index contributed by atoms with van der Waals surface area (Å²) >= 11 is 0. The second-order valence-corrected chi connectivity index (χ2v) is 3.52. The third-order valence-corrected chi connectivity index (χ3v) is 2.56. The van der Waals surface area contributed by atoms with E-state index < -0.39 is 0 Å². The van der Waals surface area contributed by atoms with Crippen LogP contribution in [0, 0.1) is 0 Å². The fourth-order valence-corrected chi connectivity index (χ4v) is 1.89. The largest absolute Gasteiger partial charge is 0.368 e. The number of ether oxygens (including phenoxy) is 2. The molecular weight excluding hydrogens is 156 g/mol. The molecule has 0 aromatic carbocycles. The summed E-state index contributed by atoms with van der Waals surface area (Å²) in [5, 5.41) is 0. The van der Waals surface area contributed by atoms with Crippen LogP contribution < -0.4 is 0 Å². The number of rotatable bonds is 0. The van der Waals surface area contributed by atoms with E-state index >= 15 is 0 Å². The summed E-state index contributed by atoms with van der Waals surface area (Å²) in [4.78, 5) is 11.0. The van der Waals surface area contributed by atoms with E-state index in [1.54, 1.807) is 0 Å². The molecule has 1 saturated carbocycles. The summed E-state index contributed by atoms with van der Waals surface area (Å²) in [5.74, 6) is 0.0735. The number of carbonyl (C=O) groups is 1. The molecule has 68 valence electrons. The summed E-state index contributed by atoms with van der Waals surface area (Å²) in [5.41, 5.74) is 0. The molecule has 0 aromatic rings. The van der Waals surface area contributed by atoms with Crippen LogP contribution in [0.2, 0.25) is 0 Å². The van der Waals surface area contributed by atoms with E-state index in [0.717, 1.165) is 12.8 Å². The first kappa shape index (κ1) is 8.20. The molecule has 2 fully saturated rings. The van der Waals surface area contributed by atoms with Gasteiger partial charge in [0.2, 0.25) is 0 Å². The first-order valence-electron chi connectivity index (χ1n) is 4.61. The average Bonchev–Trinajstić information content (AvgIpc) is 2.29. The maximum absolute atomic E-state index is 11.0. The van der Waals surface area contributed by atoms with Crippen molar-refractivity contribution in [3.8, 4) is 0 Å². The van der Waals surface area contributed by atoms with E-state index in [9.17, 15) is 4.79 Å². The van der Waals surface area contributed by atoms with Crippen molar-refractivity contribution in [3.63, 3.8) is 0 Å². The Morgan fingerprint density at radius 1 is 1.00 bits per heavy atom. The van der Waals surface area contributed by atoms with Crippen molar-refractivity contribution >= 4 is 5.78 Å². The number of Topliss-reactive ketones (excluding diaryl/α,β-unsaturated/α-hetero) is 1. The first-order valence-corrected chi connectivity index (χ1v) is 4.61. The molecule has 0 amide bonds. The van der Waals surface area contributed by atoms with Crippen LogP contribution in [-0.4, -0.2) is 31.2 Å². The molecule has 0 unspecified atom stereocenters. The second kappa shape index (κ2) is 3.54. The summed E-state index contributed by atoms with van der Waals surface area (Å²) < 4.78 is 10.9. The maximum Gasteiger partial charge on any atom is 0.184 e. The fourth-order valence-electron chi connectivity index (χ4n) is 1.89. The van der Waals surface area contributed by atoms with E-state index in [1.807, 2.05) is 0 Å². The average molecular weight is 170 g/mol. The third kappa shape index (κ3) is 1.67. The molecule has 2 aliphatic rings. The lowest BCUT2D eigenvalue weighted by Crippen LogP contribution is -2.32. The highest BCUT2D eigenvalue weighted by molar-refractivity contribution is 5.81. The van der Waals surface area contributed by atoms with Crippen molar-refractivity contribution in [2.45, 2.75) is 37.9 Å². The fraction of sp³-hybridized carbons (Fsp3) is 0.889. The summed E-state index contributed by atoms with van der Waals surface area (Å²) in [6, 6.07) is 0. The van der Waals surface area contributed by atoms with Crippen LogP contribution >= 0.6 is 0 Å². The van der Waals surface area contributed by atoms with Crippen LogP contribution in [0.4, 0.5) is 0 Å². The zero-order valence-electron chi connectivity index (χ0n) is 7.12. The number of ketones is 1. The highest BCUT2D eigenvalue weighted by Gasteiger charge is 2.29. The zero-order valence-corrected chi connectivity index (χ0v) is 7.12. The lowest BCUT2D eigenvalue weighted by Gasteiger charge is -2.28. The number of fused-ring (bicyclic) bond motifs is 1. The summed E-state index contributed by atoms with van der Waals surface area (Å²) in [6.45, 7) is 0.502. The van der Waals surface area contributed by atoms with E-state index in [0.29, 0.717) is 0 Å². The number of carbonyl (C=O) groups excluding carboxylic acids is 1. The van der Waals surface area contributed by atoms with Crippen LogP contribution in [0.1, 0.15) is 25.7 Å². The van der Waals surface area contributed by atoms with Crippen molar-refractivity contribution in [2.75, 3.05) is 13.2 Å². The summed E-state index contributed by atoms with van der Waals surface area (Å²) in [6.07, 6.45) is 4.89. The number of hydrogen-bond donors (Lipinski definition) is 0. The van der Waals surface area contributed by atoms with Crippen LogP contribution in [0.25, 0.3) is 0 Å². The minimum Gasteiger partial charge on any atom is -0.368 e. The monoisotopic (exact) mass is 170 g/mol. The first-order chi connectivity index (χ1) is 5.86. The van der Waals surface area contributed by atoms with Crippen molar-refractivity contribution in [3.05, 3.63) is 0 Å². The Kier molecular flexibility index (Phi) is 2.42. The van der Waals surface area contributed by atoms with Crippen LogP contribution in [0.5, 0.6) is 0 Å². The SMILES string of the molecule is O=C1CO[C@@H]2CCCC[C@H]2OC1. The van der Waals surface area contributed by atoms with E-state index in [4.69, 9.17) is 9.47 Å². The molecule has 0 aromatic heterocycles. The van der Waals surface area contributed by atoms with Crippen molar-refractivity contribution in [2.24, 2.45) is 0 Å². The van der Waals surface area contributed by atoms with Gasteiger partial charge in [0.25, 0.3) is 0 Å². The Hall–Kier alpha value is -0.410. The second-order valence-electron chi connectivity index (χ2n) is 3.52. The molecule has 12 heavy (non-hydrogen) atoms. The van der Waals surface area contributed by atoms with Gasteiger partial charge in [0.05, 0.1) is 12.2 Å². The Bertz CT molecular complexity index is 161. The molecule has 0 spiro atoms. The summed E-state index contributed by atoms with van der Waals surface area (Å²) in [7, 11) is 0. The highest BCUT2D eigenvalue weighted by Crippen LogP contribution is 2.25. The van der Waals surface area contributed by atoms with Gasteiger partial charge in [0.15, 0.2) is 5.78 Å². The van der Waals surface area contributed by atoms with Gasteiger partial charge in [0.1, 0.15) is 13.2 Å². The molecule has 3 nitrogen and oxygen atoms in total. The van der Waals surface area contributed by atoms with E-state index in [1.165, 1.54) is 12.8 Å². The quantitative estimate of drug-likeness (QED) is 0.542. The van der Waals surface area contributed by atoms with Gasteiger partial charge >= 0.3 is 0 Å². The molecule has 0 N–H and O–H groups in total. The predicted octanol–water partition coefficient (Wildman–Crippen LogP) is 0.913. The van der Waals surface area contributed by atoms with Gasteiger partial charge < -0.3 is 9.47 Å². The van der Waals surface area contributed by atoms with Gasteiger partial charge in [0, 0.05) is 0 Å². The van der Waals surface area contributed by atoms with Crippen molar-refractivity contribution in [1.29, 1.82) is 0 Å². The molecule has 1 aliphatic carbocycles. The molecule has 1 heterocycles. The maximum atomic E-state index is 11.0. The Morgan fingerprint density at radius 3 is 2.00 bits per heavy atom. The molecule has 3 heteroatoms. The van der Waals surface area contributed by atoms with Gasteiger partial charge in [-0.05, 0) is 12.8 Å². The van der Waals surface area contributed by atoms with Gasteiger partial charge in [-0.15, -0.1) is 0 Å². The molecule has 0 bridgehead atoms. The predicted molar refractivity (Wildman–Crippen MR) is 43.0 cm³/mol. The molecule has 1 aliphatic heterocycles. The van der Waals surface area contributed by atoms with Crippen LogP contribution in [0.15, 0.2) is 0 Å². The van der Waals surface area contributed by atoms with Crippen LogP contribution in [0.3, 0.4) is 0 Å². The minimum absolute atomic E-state index is 0.0735. The molecule has 2 atom stereocenters. The van der Waals surface area contributed by atoms with Gasteiger partial charge in [-0.1, -0.05) is 12.8 Å². The Balaban J connectivity index is 1.98. The normalized spacial score (nSPS) is 37.2. The van der Waals surface area contributed by atoms with Crippen LogP contribution in [-0.2, 0) is 14.3 Å². The Morgan fingerprint density at radius 2 is 1.50 bits per heavy atom. The zero-order chi connectivity index (χ0) is 8.39. The smallest absolute Gasteiger partial charge is 0.184 e. The van der Waals surface area contributed by atoms with E-state index in [2.05, 4.69) is 0 Å². The molecule has 2 rings (SSSR count). The highest BCUT2D eigenvalue weighted by atomic mass is 16.6. The third-order valence-electron chi connectivity index (χ3n) is 2.56. The lowest BCUT2D eigenvalue weighted by atomic mass is 9.95. The van der Waals surface area contributed by atoms with Gasteiger partial charge in [-0.25, -0.2) is 0 Å². The lowest BCUT2D eigenvalue weighted by molar-refractivity contribution is -0.124. The minimum atomic E-state index is 0.0735. The van der Waals surface area contributed by atoms with Crippen molar-refractivity contribution in [1.82, 2.24) is 0 Å². The van der Waals surface area contributed by atoms with E-state index in [-0.39, 0.29) is 31.2 Å². The van der Waals surface area contributed by atoms with Gasteiger partial charge in [-0.2, -0.15) is 0 Å². The topological polar surface area (TPSA) is 35.5 Å². The number of hydrogen-bond acceptors (Lipinski definition) is 3. The molecular formula is C9H14O3. The Labute approximate surface area is 72.0 Å². The molecule has 0 radical (unpaired) electrons.